The fourth-order valence-electron chi connectivity index (χ4n) is 3.55. The van der Waals surface area contributed by atoms with Crippen LogP contribution in [0.15, 0.2) is 30.3 Å². The maximum absolute atomic E-state index is 12.8. The highest BCUT2D eigenvalue weighted by Crippen LogP contribution is 2.39. The standard InChI is InChI=1S/C19H18Cl2N4O2S/c1-2-22-19(27)25-15-10-6-4-3-5-9(10)7-11(15)24-18(26)12-8-13-16(23-12)14(20)17(21)28-13/h3-6,8,11,15,23H,2,7H2,1H3,(H,24,26)(H2,22,25,27)/t11-,15-/m0/s1. The van der Waals surface area contributed by atoms with Gasteiger partial charge in [0.2, 0.25) is 0 Å². The molecule has 0 radical (unpaired) electrons. The van der Waals surface area contributed by atoms with Crippen molar-refractivity contribution < 1.29 is 9.59 Å². The van der Waals surface area contributed by atoms with E-state index >= 15 is 0 Å². The second kappa shape index (κ2) is 7.66. The van der Waals surface area contributed by atoms with Crippen LogP contribution < -0.4 is 16.0 Å². The lowest BCUT2D eigenvalue weighted by molar-refractivity contribution is 0.0926. The molecular weight excluding hydrogens is 419 g/mol. The average molecular weight is 437 g/mol. The topological polar surface area (TPSA) is 86.0 Å². The van der Waals surface area contributed by atoms with Gasteiger partial charge >= 0.3 is 6.03 Å². The Morgan fingerprint density at radius 3 is 2.79 bits per heavy atom. The van der Waals surface area contributed by atoms with Gasteiger partial charge < -0.3 is 20.9 Å². The molecule has 1 aliphatic rings. The van der Waals surface area contributed by atoms with Crippen molar-refractivity contribution in [2.75, 3.05) is 6.54 Å². The Bertz CT molecular complexity index is 1060. The minimum Gasteiger partial charge on any atom is -0.349 e. The van der Waals surface area contributed by atoms with E-state index in [1.165, 1.54) is 11.3 Å². The van der Waals surface area contributed by atoms with Crippen molar-refractivity contribution in [2.24, 2.45) is 0 Å². The van der Waals surface area contributed by atoms with Crippen LogP contribution in [0.1, 0.15) is 34.6 Å². The van der Waals surface area contributed by atoms with Crippen LogP contribution in [0, 0.1) is 0 Å². The molecule has 2 heterocycles. The van der Waals surface area contributed by atoms with E-state index in [1.807, 2.05) is 31.2 Å². The van der Waals surface area contributed by atoms with E-state index in [-0.39, 0.29) is 24.0 Å². The molecule has 0 spiro atoms. The summed E-state index contributed by atoms with van der Waals surface area (Å²) in [5.41, 5.74) is 3.19. The predicted molar refractivity (Wildman–Crippen MR) is 113 cm³/mol. The van der Waals surface area contributed by atoms with E-state index in [1.54, 1.807) is 6.07 Å². The minimum atomic E-state index is -0.305. The van der Waals surface area contributed by atoms with Crippen LogP contribution in [-0.4, -0.2) is 29.5 Å². The molecular formula is C19H18Cl2N4O2S. The summed E-state index contributed by atoms with van der Waals surface area (Å²) < 4.78 is 1.32. The van der Waals surface area contributed by atoms with Crippen molar-refractivity contribution in [2.45, 2.75) is 25.4 Å². The molecule has 4 N–H and O–H groups in total. The van der Waals surface area contributed by atoms with Crippen LogP contribution in [0.4, 0.5) is 4.79 Å². The molecule has 1 aromatic carbocycles. The summed E-state index contributed by atoms with van der Waals surface area (Å²) in [7, 11) is 0. The first-order valence-electron chi connectivity index (χ1n) is 8.87. The highest BCUT2D eigenvalue weighted by atomic mass is 35.5. The number of urea groups is 1. The summed E-state index contributed by atoms with van der Waals surface area (Å²) >= 11 is 13.5. The number of halogens is 2. The Hall–Kier alpha value is -2.22. The molecule has 3 amide bonds. The molecule has 6 nitrogen and oxygen atoms in total. The molecule has 146 valence electrons. The van der Waals surface area contributed by atoms with Crippen LogP contribution in [0.3, 0.4) is 0 Å². The number of amides is 3. The van der Waals surface area contributed by atoms with Crippen LogP contribution in [0.5, 0.6) is 0 Å². The zero-order chi connectivity index (χ0) is 19.8. The number of benzene rings is 1. The molecule has 0 saturated heterocycles. The number of hydrogen-bond donors (Lipinski definition) is 4. The summed E-state index contributed by atoms with van der Waals surface area (Å²) in [6.07, 6.45) is 0.640. The lowest BCUT2D eigenvalue weighted by Gasteiger charge is -2.23. The lowest BCUT2D eigenvalue weighted by Crippen LogP contribution is -2.47. The molecule has 0 unspecified atom stereocenters. The zero-order valence-corrected chi connectivity index (χ0v) is 17.3. The van der Waals surface area contributed by atoms with Gasteiger partial charge in [0, 0.05) is 6.54 Å². The van der Waals surface area contributed by atoms with Crippen molar-refractivity contribution in [3.8, 4) is 0 Å². The number of thiophene rings is 1. The van der Waals surface area contributed by atoms with Gasteiger partial charge in [-0.3, -0.25) is 4.79 Å². The number of rotatable bonds is 4. The molecule has 2 aromatic heterocycles. The van der Waals surface area contributed by atoms with Gasteiger partial charge in [-0.25, -0.2) is 4.79 Å². The largest absolute Gasteiger partial charge is 0.349 e. The van der Waals surface area contributed by atoms with Gasteiger partial charge in [0.15, 0.2) is 0 Å². The van der Waals surface area contributed by atoms with Crippen molar-refractivity contribution in [1.82, 2.24) is 20.9 Å². The number of hydrogen-bond acceptors (Lipinski definition) is 3. The Labute approximate surface area is 175 Å². The SMILES string of the molecule is CCNC(=O)N[C@H]1c2ccccc2C[C@@H]1NC(=O)c1cc2sc(Cl)c(Cl)c2[nH]1. The number of carbonyl (C=O) groups is 2. The van der Waals surface area contributed by atoms with Gasteiger partial charge in [-0.2, -0.15) is 0 Å². The number of nitrogens with one attached hydrogen (secondary N) is 4. The van der Waals surface area contributed by atoms with E-state index in [2.05, 4.69) is 20.9 Å². The van der Waals surface area contributed by atoms with Crippen molar-refractivity contribution in [3.05, 3.63) is 56.5 Å². The number of fused-ring (bicyclic) bond motifs is 2. The third-order valence-corrected chi connectivity index (χ3v) is 6.72. The Kier molecular flexibility index (Phi) is 5.23. The first-order chi connectivity index (χ1) is 13.5. The molecule has 9 heteroatoms. The maximum atomic E-state index is 12.8. The van der Waals surface area contributed by atoms with Crippen molar-refractivity contribution >= 4 is 56.7 Å². The Balaban J connectivity index is 1.56. The van der Waals surface area contributed by atoms with Gasteiger partial charge in [0.1, 0.15) is 10.0 Å². The maximum Gasteiger partial charge on any atom is 0.315 e. The molecule has 0 aliphatic heterocycles. The first-order valence-corrected chi connectivity index (χ1v) is 10.4. The van der Waals surface area contributed by atoms with E-state index < -0.39 is 0 Å². The minimum absolute atomic E-state index is 0.254. The number of aromatic amines is 1. The summed E-state index contributed by atoms with van der Waals surface area (Å²) in [6, 6.07) is 8.79. The molecule has 2 atom stereocenters. The molecule has 0 fully saturated rings. The molecule has 0 bridgehead atoms. The monoisotopic (exact) mass is 436 g/mol. The fraction of sp³-hybridized carbons (Fsp3) is 0.263. The zero-order valence-electron chi connectivity index (χ0n) is 14.9. The van der Waals surface area contributed by atoms with E-state index in [4.69, 9.17) is 23.2 Å². The molecule has 28 heavy (non-hydrogen) atoms. The fourth-order valence-corrected chi connectivity index (χ4v) is 5.03. The molecule has 4 rings (SSSR count). The third-order valence-electron chi connectivity index (χ3n) is 4.79. The van der Waals surface area contributed by atoms with E-state index in [0.717, 1.165) is 15.8 Å². The Morgan fingerprint density at radius 2 is 2.04 bits per heavy atom. The summed E-state index contributed by atoms with van der Waals surface area (Å²) in [5.74, 6) is -0.254. The smallest absolute Gasteiger partial charge is 0.315 e. The average Bonchev–Trinajstić information content (AvgIpc) is 3.30. The predicted octanol–water partition coefficient (Wildman–Crippen LogP) is 4.25. The summed E-state index contributed by atoms with van der Waals surface area (Å²) in [5, 5.41) is 9.17. The molecule has 3 aromatic rings. The van der Waals surface area contributed by atoms with Gasteiger partial charge in [0.25, 0.3) is 5.91 Å². The van der Waals surface area contributed by atoms with E-state index in [0.29, 0.717) is 33.5 Å². The normalized spacial score (nSPS) is 18.1. The summed E-state index contributed by atoms with van der Waals surface area (Å²) in [4.78, 5) is 28.0. The van der Waals surface area contributed by atoms with Crippen LogP contribution in [0.25, 0.3) is 10.2 Å². The van der Waals surface area contributed by atoms with Gasteiger partial charge in [0.05, 0.1) is 27.3 Å². The van der Waals surface area contributed by atoms with Gasteiger partial charge in [-0.05, 0) is 30.5 Å². The summed E-state index contributed by atoms with van der Waals surface area (Å²) in [6.45, 7) is 2.38. The molecule has 1 aliphatic carbocycles. The molecule has 0 saturated carbocycles. The van der Waals surface area contributed by atoms with Gasteiger partial charge in [-0.15, -0.1) is 11.3 Å². The van der Waals surface area contributed by atoms with Gasteiger partial charge in [-0.1, -0.05) is 47.5 Å². The number of H-pyrrole nitrogens is 1. The number of carbonyl (C=O) groups excluding carboxylic acids is 2. The van der Waals surface area contributed by atoms with Crippen LogP contribution in [-0.2, 0) is 6.42 Å². The van der Waals surface area contributed by atoms with Crippen LogP contribution >= 0.6 is 34.5 Å². The van der Waals surface area contributed by atoms with Crippen molar-refractivity contribution in [1.29, 1.82) is 0 Å². The quantitative estimate of drug-likeness (QED) is 0.492. The third kappa shape index (κ3) is 3.45. The lowest BCUT2D eigenvalue weighted by atomic mass is 10.1. The first kappa shape index (κ1) is 19.1. The van der Waals surface area contributed by atoms with Crippen molar-refractivity contribution in [3.63, 3.8) is 0 Å². The number of aromatic nitrogens is 1. The highest BCUT2D eigenvalue weighted by Gasteiger charge is 2.34. The second-order valence-electron chi connectivity index (χ2n) is 6.58. The second-order valence-corrected chi connectivity index (χ2v) is 8.61. The Morgan fingerprint density at radius 1 is 1.25 bits per heavy atom. The van der Waals surface area contributed by atoms with Crippen LogP contribution in [0.2, 0.25) is 9.36 Å². The highest BCUT2D eigenvalue weighted by molar-refractivity contribution is 7.23. The van der Waals surface area contributed by atoms with E-state index in [9.17, 15) is 9.59 Å².